The van der Waals surface area contributed by atoms with E-state index in [1.807, 2.05) is 24.3 Å². The van der Waals surface area contributed by atoms with Crippen LogP contribution in [0.3, 0.4) is 0 Å². The minimum Gasteiger partial charge on any atom is -0.489 e. The van der Waals surface area contributed by atoms with Gasteiger partial charge in [0.05, 0.1) is 6.10 Å². The first kappa shape index (κ1) is 19.8. The maximum Gasteiger partial charge on any atom is 0.127 e. The molecule has 29 heavy (non-hydrogen) atoms. The number of hydrogen-bond donors (Lipinski definition) is 0. The van der Waals surface area contributed by atoms with Crippen LogP contribution >= 0.6 is 0 Å². The summed E-state index contributed by atoms with van der Waals surface area (Å²) < 4.78 is 45.2. The second kappa shape index (κ2) is 8.09. The molecular weight excluding hydrogens is 374 g/mol. The van der Waals surface area contributed by atoms with Crippen LogP contribution in [0, 0.1) is 11.6 Å². The van der Waals surface area contributed by atoms with E-state index in [1.54, 1.807) is 20.3 Å². The third kappa shape index (κ3) is 3.85. The van der Waals surface area contributed by atoms with Gasteiger partial charge in [0.2, 0.25) is 0 Å². The van der Waals surface area contributed by atoms with Crippen molar-refractivity contribution in [3.63, 3.8) is 0 Å². The summed E-state index contributed by atoms with van der Waals surface area (Å²) in [5, 5.41) is 1.76. The normalized spacial score (nSPS) is 21.6. The van der Waals surface area contributed by atoms with Gasteiger partial charge in [0.1, 0.15) is 29.6 Å². The molecule has 1 aliphatic rings. The van der Waals surface area contributed by atoms with Crippen molar-refractivity contribution in [2.24, 2.45) is 0 Å². The van der Waals surface area contributed by atoms with E-state index in [0.717, 1.165) is 41.2 Å². The highest BCUT2D eigenvalue weighted by Crippen LogP contribution is 2.44. The quantitative estimate of drug-likeness (QED) is 0.530. The van der Waals surface area contributed by atoms with Crippen LogP contribution in [-0.4, -0.2) is 20.3 Å². The molecule has 1 fully saturated rings. The van der Waals surface area contributed by atoms with Crippen molar-refractivity contribution in [1.29, 1.82) is 0 Å². The lowest BCUT2D eigenvalue weighted by Crippen LogP contribution is -2.38. The summed E-state index contributed by atoms with van der Waals surface area (Å²) in [6.45, 7) is 0.253. The van der Waals surface area contributed by atoms with Crippen molar-refractivity contribution in [3.8, 4) is 5.75 Å². The number of benzene rings is 3. The van der Waals surface area contributed by atoms with E-state index in [2.05, 4.69) is 0 Å². The molecule has 0 N–H and O–H groups in total. The summed E-state index contributed by atoms with van der Waals surface area (Å²) in [4.78, 5) is 0. The molecule has 1 aliphatic carbocycles. The van der Waals surface area contributed by atoms with E-state index < -0.39 is 5.60 Å². The summed E-state index contributed by atoms with van der Waals surface area (Å²) in [5.41, 5.74) is 0.932. The van der Waals surface area contributed by atoms with Crippen molar-refractivity contribution in [1.82, 2.24) is 0 Å². The highest BCUT2D eigenvalue weighted by molar-refractivity contribution is 5.83. The van der Waals surface area contributed by atoms with Gasteiger partial charge in [-0.05, 0) is 71.5 Å². The molecule has 1 saturated carbocycles. The van der Waals surface area contributed by atoms with Gasteiger partial charge in [0, 0.05) is 20.3 Å². The minimum absolute atomic E-state index is 0.127. The van der Waals surface area contributed by atoms with Gasteiger partial charge in [0.15, 0.2) is 0 Å². The van der Waals surface area contributed by atoms with Crippen molar-refractivity contribution in [2.45, 2.75) is 37.6 Å². The zero-order valence-corrected chi connectivity index (χ0v) is 16.6. The zero-order valence-electron chi connectivity index (χ0n) is 16.6. The number of halogens is 2. The molecule has 2 atom stereocenters. The van der Waals surface area contributed by atoms with Gasteiger partial charge in [-0.15, -0.1) is 0 Å². The molecule has 0 spiro atoms. The van der Waals surface area contributed by atoms with E-state index in [0.29, 0.717) is 5.75 Å². The monoisotopic (exact) mass is 398 g/mol. The predicted molar refractivity (Wildman–Crippen MR) is 108 cm³/mol. The van der Waals surface area contributed by atoms with Gasteiger partial charge in [-0.3, -0.25) is 0 Å². The molecule has 0 saturated heterocycles. The Labute approximate surface area is 169 Å². The summed E-state index contributed by atoms with van der Waals surface area (Å²) >= 11 is 0. The van der Waals surface area contributed by atoms with Gasteiger partial charge in [0.25, 0.3) is 0 Å². The molecular formula is C24H24F2O3. The molecule has 0 bridgehead atoms. The molecule has 0 aliphatic heterocycles. The summed E-state index contributed by atoms with van der Waals surface area (Å²) in [6.07, 6.45) is 2.45. The molecule has 2 unspecified atom stereocenters. The Bertz CT molecular complexity index is 1020. The van der Waals surface area contributed by atoms with Crippen molar-refractivity contribution < 1.29 is 23.0 Å². The van der Waals surface area contributed by atoms with Gasteiger partial charge in [-0.2, -0.15) is 0 Å². The molecule has 4 rings (SSSR count). The lowest BCUT2D eigenvalue weighted by molar-refractivity contribution is -0.104. The topological polar surface area (TPSA) is 27.7 Å². The number of rotatable bonds is 6. The average molecular weight is 398 g/mol. The minimum atomic E-state index is -0.671. The number of methoxy groups -OCH3 is 2. The standard InChI is InChI=1S/C24H24F2O3/c1-27-23-4-3-9-24(23,28-2)19-12-21(26)14-22(13-19)29-15-16-5-6-17-7-8-20(25)11-18(17)10-16/h5-8,10-14,23H,3-4,9,15H2,1-2H3. The second-order valence-corrected chi connectivity index (χ2v) is 7.50. The lowest BCUT2D eigenvalue weighted by Gasteiger charge is -2.34. The number of ether oxygens (including phenoxy) is 3. The molecule has 152 valence electrons. The average Bonchev–Trinajstić information content (AvgIpc) is 3.16. The predicted octanol–water partition coefficient (Wildman–Crippen LogP) is 5.74. The highest BCUT2D eigenvalue weighted by atomic mass is 19.1. The van der Waals surface area contributed by atoms with E-state index in [1.165, 1.54) is 24.3 Å². The molecule has 3 aromatic carbocycles. The zero-order chi connectivity index (χ0) is 20.4. The Morgan fingerprint density at radius 1 is 0.931 bits per heavy atom. The third-order valence-electron chi connectivity index (χ3n) is 5.82. The van der Waals surface area contributed by atoms with Crippen LogP contribution in [0.5, 0.6) is 5.75 Å². The van der Waals surface area contributed by atoms with Crippen LogP contribution in [0.1, 0.15) is 30.4 Å². The summed E-state index contributed by atoms with van der Waals surface area (Å²) in [6, 6.07) is 15.1. The van der Waals surface area contributed by atoms with E-state index in [4.69, 9.17) is 14.2 Å². The maximum absolute atomic E-state index is 14.4. The second-order valence-electron chi connectivity index (χ2n) is 7.50. The van der Waals surface area contributed by atoms with Crippen molar-refractivity contribution >= 4 is 10.8 Å². The van der Waals surface area contributed by atoms with E-state index in [9.17, 15) is 8.78 Å². The summed E-state index contributed by atoms with van der Waals surface area (Å²) in [7, 11) is 3.29. The van der Waals surface area contributed by atoms with Crippen LogP contribution in [0.15, 0.2) is 54.6 Å². The first-order valence-electron chi connectivity index (χ1n) is 9.74. The van der Waals surface area contributed by atoms with E-state index in [-0.39, 0.29) is 24.3 Å². The van der Waals surface area contributed by atoms with Crippen LogP contribution in [-0.2, 0) is 21.7 Å². The fourth-order valence-electron chi connectivity index (χ4n) is 4.35. The Morgan fingerprint density at radius 2 is 1.76 bits per heavy atom. The Hall–Kier alpha value is -2.50. The first-order chi connectivity index (χ1) is 14.0. The van der Waals surface area contributed by atoms with Gasteiger partial charge in [-0.25, -0.2) is 8.78 Å². The third-order valence-corrected chi connectivity index (χ3v) is 5.82. The molecule has 5 heteroatoms. The number of hydrogen-bond acceptors (Lipinski definition) is 3. The molecule has 3 aromatic rings. The molecule has 3 nitrogen and oxygen atoms in total. The maximum atomic E-state index is 14.4. The number of fused-ring (bicyclic) bond motifs is 1. The smallest absolute Gasteiger partial charge is 0.127 e. The van der Waals surface area contributed by atoms with Crippen molar-refractivity contribution in [2.75, 3.05) is 14.2 Å². The molecule has 0 aromatic heterocycles. The van der Waals surface area contributed by atoms with E-state index >= 15 is 0 Å². The van der Waals surface area contributed by atoms with Gasteiger partial charge in [-0.1, -0.05) is 18.2 Å². The van der Waals surface area contributed by atoms with Crippen LogP contribution in [0.4, 0.5) is 8.78 Å². The highest BCUT2D eigenvalue weighted by Gasteiger charge is 2.45. The van der Waals surface area contributed by atoms with Gasteiger partial charge >= 0.3 is 0 Å². The Morgan fingerprint density at radius 3 is 2.55 bits per heavy atom. The van der Waals surface area contributed by atoms with Crippen LogP contribution in [0.25, 0.3) is 10.8 Å². The fourth-order valence-corrected chi connectivity index (χ4v) is 4.35. The van der Waals surface area contributed by atoms with Crippen LogP contribution in [0.2, 0.25) is 0 Å². The first-order valence-corrected chi connectivity index (χ1v) is 9.74. The fraction of sp³-hybridized carbons (Fsp3) is 0.333. The SMILES string of the molecule is COC1CCCC1(OC)c1cc(F)cc(OCc2ccc3ccc(F)cc3c2)c1. The summed E-state index contributed by atoms with van der Waals surface area (Å²) in [5.74, 6) is -0.228. The Balaban J connectivity index is 1.58. The molecule has 0 amide bonds. The molecule has 0 heterocycles. The van der Waals surface area contributed by atoms with Crippen LogP contribution < -0.4 is 4.74 Å². The largest absolute Gasteiger partial charge is 0.489 e. The van der Waals surface area contributed by atoms with Crippen molar-refractivity contribution in [3.05, 3.63) is 77.4 Å². The molecule has 0 radical (unpaired) electrons. The lowest BCUT2D eigenvalue weighted by atomic mass is 9.89. The Kier molecular flexibility index (Phi) is 5.52. The van der Waals surface area contributed by atoms with Gasteiger partial charge < -0.3 is 14.2 Å².